The third kappa shape index (κ3) is 2.14. The average molecular weight is 221 g/mol. The molecule has 0 saturated carbocycles. The summed E-state index contributed by atoms with van der Waals surface area (Å²) < 4.78 is 24.4. The molecule has 0 fully saturated rings. The molecule has 0 atom stereocenters. The van der Waals surface area contributed by atoms with Gasteiger partial charge in [-0.1, -0.05) is 0 Å². The molecule has 1 rings (SSSR count). The van der Waals surface area contributed by atoms with Crippen LogP contribution in [0.25, 0.3) is 0 Å². The van der Waals surface area contributed by atoms with Crippen LogP contribution in [0, 0.1) is 5.41 Å². The Labute approximate surface area is 83.8 Å². The normalized spacial score (nSPS) is 10.4. The van der Waals surface area contributed by atoms with Gasteiger partial charge in [0.2, 0.25) is 5.28 Å². The average Bonchev–Trinajstić information content (AvgIpc) is 2.16. The molecule has 0 radical (unpaired) electrons. The monoisotopic (exact) mass is 220 g/mol. The Hall–Kier alpha value is -1.30. The third-order valence-electron chi connectivity index (χ3n) is 1.50. The van der Waals surface area contributed by atoms with Crippen LogP contribution in [0.3, 0.4) is 0 Å². The molecular formula is C7H7ClF2N4. The topological polar surface area (TPSA) is 61.7 Å². The van der Waals surface area contributed by atoms with Crippen molar-refractivity contribution in [1.29, 1.82) is 5.41 Å². The van der Waals surface area contributed by atoms with Gasteiger partial charge < -0.3 is 5.32 Å². The molecule has 0 amide bonds. The number of nitrogens with zero attached hydrogens (tertiary/aromatic N) is 2. The van der Waals surface area contributed by atoms with E-state index in [2.05, 4.69) is 15.3 Å². The van der Waals surface area contributed by atoms with Crippen molar-refractivity contribution in [3.63, 3.8) is 0 Å². The number of rotatable bonds is 3. The summed E-state index contributed by atoms with van der Waals surface area (Å²) in [7, 11) is 1.50. The highest BCUT2D eigenvalue weighted by Gasteiger charge is 2.18. The molecule has 0 aliphatic carbocycles. The first-order chi connectivity index (χ1) is 6.56. The van der Waals surface area contributed by atoms with Gasteiger partial charge in [-0.25, -0.2) is 18.7 Å². The molecule has 14 heavy (non-hydrogen) atoms. The van der Waals surface area contributed by atoms with Crippen molar-refractivity contribution >= 4 is 23.1 Å². The fraction of sp³-hybridized carbons (Fsp3) is 0.286. The third-order valence-corrected chi connectivity index (χ3v) is 1.69. The lowest BCUT2D eigenvalue weighted by Gasteiger charge is -2.07. The number of alkyl halides is 2. The molecule has 1 aromatic rings. The van der Waals surface area contributed by atoms with E-state index in [1.54, 1.807) is 0 Å². The second-order valence-electron chi connectivity index (χ2n) is 2.37. The maximum atomic E-state index is 12.2. The molecule has 0 aliphatic heterocycles. The summed E-state index contributed by atoms with van der Waals surface area (Å²) in [5, 5.41) is 9.59. The number of nitrogens with one attached hydrogen (secondary N) is 2. The van der Waals surface area contributed by atoms with E-state index in [1.165, 1.54) is 7.05 Å². The fourth-order valence-corrected chi connectivity index (χ4v) is 0.999. The van der Waals surface area contributed by atoms with Gasteiger partial charge in [0.05, 0.1) is 5.56 Å². The highest BCUT2D eigenvalue weighted by molar-refractivity contribution is 6.28. The molecule has 1 aromatic heterocycles. The first-order valence-corrected chi connectivity index (χ1v) is 4.01. The first kappa shape index (κ1) is 10.8. The summed E-state index contributed by atoms with van der Waals surface area (Å²) in [5.74, 6) is 0.121. The number of aromatic nitrogens is 2. The van der Waals surface area contributed by atoms with Crippen LogP contribution >= 0.6 is 11.6 Å². The number of hydrogen-bond acceptors (Lipinski definition) is 4. The lowest BCUT2D eigenvalue weighted by atomic mass is 10.2. The Morgan fingerprint density at radius 1 is 1.64 bits per heavy atom. The second kappa shape index (κ2) is 4.28. The smallest absolute Gasteiger partial charge is 0.280 e. The molecule has 76 valence electrons. The van der Waals surface area contributed by atoms with E-state index >= 15 is 0 Å². The molecule has 2 N–H and O–H groups in total. The van der Waals surface area contributed by atoms with Gasteiger partial charge in [-0.2, -0.15) is 0 Å². The largest absolute Gasteiger partial charge is 0.372 e. The predicted molar refractivity (Wildman–Crippen MR) is 49.4 cm³/mol. The fourth-order valence-electron chi connectivity index (χ4n) is 0.866. The Balaban J connectivity index is 3.14. The van der Waals surface area contributed by atoms with Gasteiger partial charge in [-0.15, -0.1) is 0 Å². The SMILES string of the molecule is CNc1nc(Cl)ncc1C(=N)C(F)F. The Kier molecular flexibility index (Phi) is 3.29. The second-order valence-corrected chi connectivity index (χ2v) is 2.70. The van der Waals surface area contributed by atoms with E-state index in [4.69, 9.17) is 17.0 Å². The van der Waals surface area contributed by atoms with E-state index in [9.17, 15) is 8.78 Å². The van der Waals surface area contributed by atoms with E-state index < -0.39 is 12.1 Å². The van der Waals surface area contributed by atoms with Gasteiger partial charge in [0.25, 0.3) is 6.43 Å². The lowest BCUT2D eigenvalue weighted by Crippen LogP contribution is -2.14. The number of hydrogen-bond donors (Lipinski definition) is 2. The molecular weight excluding hydrogens is 214 g/mol. The van der Waals surface area contributed by atoms with Crippen molar-refractivity contribution in [1.82, 2.24) is 9.97 Å². The van der Waals surface area contributed by atoms with Gasteiger partial charge >= 0.3 is 0 Å². The quantitative estimate of drug-likeness (QED) is 0.603. The summed E-state index contributed by atoms with van der Waals surface area (Å²) >= 11 is 5.46. The van der Waals surface area contributed by atoms with Crippen LogP contribution in [0.4, 0.5) is 14.6 Å². The van der Waals surface area contributed by atoms with E-state index in [0.717, 1.165) is 6.20 Å². The van der Waals surface area contributed by atoms with Crippen LogP contribution < -0.4 is 5.32 Å². The van der Waals surface area contributed by atoms with E-state index in [0.29, 0.717) is 0 Å². The zero-order valence-electron chi connectivity index (χ0n) is 7.18. The minimum Gasteiger partial charge on any atom is -0.372 e. The molecule has 7 heteroatoms. The zero-order chi connectivity index (χ0) is 10.7. The standard InChI is InChI=1S/C7H7ClF2N4/c1-12-6-3(4(11)5(9)10)2-13-7(8)14-6/h2,5,11H,1H3,(H,12,13,14). The molecule has 0 bridgehead atoms. The van der Waals surface area contributed by atoms with Gasteiger partial charge in [0.15, 0.2) is 0 Å². The molecule has 0 saturated heterocycles. The molecule has 0 spiro atoms. The Bertz CT molecular complexity index is 356. The summed E-state index contributed by atoms with van der Waals surface area (Å²) in [6, 6.07) is 0. The van der Waals surface area contributed by atoms with Crippen molar-refractivity contribution in [3.8, 4) is 0 Å². The number of halogens is 3. The van der Waals surface area contributed by atoms with Gasteiger partial charge in [0.1, 0.15) is 11.5 Å². The number of anilines is 1. The molecule has 0 unspecified atom stereocenters. The van der Waals surface area contributed by atoms with Crippen LogP contribution in [0.2, 0.25) is 5.28 Å². The van der Waals surface area contributed by atoms with Crippen molar-refractivity contribution in [3.05, 3.63) is 17.0 Å². The van der Waals surface area contributed by atoms with E-state index in [-0.39, 0.29) is 16.7 Å². The van der Waals surface area contributed by atoms with Gasteiger partial charge in [-0.05, 0) is 11.6 Å². The summed E-state index contributed by atoms with van der Waals surface area (Å²) in [6.45, 7) is 0. The minimum atomic E-state index is -2.85. The molecule has 4 nitrogen and oxygen atoms in total. The van der Waals surface area contributed by atoms with Gasteiger partial charge in [-0.3, -0.25) is 5.41 Å². The van der Waals surface area contributed by atoms with Crippen LogP contribution in [0.1, 0.15) is 5.56 Å². The van der Waals surface area contributed by atoms with Gasteiger partial charge in [0, 0.05) is 13.2 Å². The van der Waals surface area contributed by atoms with Crippen molar-refractivity contribution < 1.29 is 8.78 Å². The maximum Gasteiger partial charge on any atom is 0.280 e. The first-order valence-electron chi connectivity index (χ1n) is 3.63. The van der Waals surface area contributed by atoms with Crippen molar-refractivity contribution in [2.45, 2.75) is 6.43 Å². The van der Waals surface area contributed by atoms with Crippen molar-refractivity contribution in [2.75, 3.05) is 12.4 Å². The summed E-state index contributed by atoms with van der Waals surface area (Å²) in [6.07, 6.45) is -1.76. The highest BCUT2D eigenvalue weighted by Crippen LogP contribution is 2.16. The minimum absolute atomic E-state index is 0.0492. The van der Waals surface area contributed by atoms with Crippen LogP contribution in [0.15, 0.2) is 6.20 Å². The van der Waals surface area contributed by atoms with Crippen LogP contribution in [0.5, 0.6) is 0 Å². The summed E-state index contributed by atoms with van der Waals surface area (Å²) in [4.78, 5) is 7.20. The lowest BCUT2D eigenvalue weighted by molar-refractivity contribution is 0.225. The molecule has 1 heterocycles. The van der Waals surface area contributed by atoms with E-state index in [1.807, 2.05) is 0 Å². The van der Waals surface area contributed by atoms with Crippen LogP contribution in [-0.4, -0.2) is 29.2 Å². The molecule has 0 aromatic carbocycles. The Morgan fingerprint density at radius 2 is 2.29 bits per heavy atom. The predicted octanol–water partition coefficient (Wildman–Crippen LogP) is 1.80. The van der Waals surface area contributed by atoms with Crippen LogP contribution in [-0.2, 0) is 0 Å². The Morgan fingerprint density at radius 3 is 2.79 bits per heavy atom. The summed E-state index contributed by atoms with van der Waals surface area (Å²) in [5.41, 5.74) is -0.877. The molecule has 0 aliphatic rings. The highest BCUT2D eigenvalue weighted by atomic mass is 35.5. The van der Waals surface area contributed by atoms with Crippen molar-refractivity contribution in [2.24, 2.45) is 0 Å². The zero-order valence-corrected chi connectivity index (χ0v) is 7.94. The maximum absolute atomic E-state index is 12.2.